The molecule has 1 aromatic carbocycles. The summed E-state index contributed by atoms with van der Waals surface area (Å²) in [6.45, 7) is 8.79. The minimum absolute atomic E-state index is 0.0576. The van der Waals surface area contributed by atoms with Crippen molar-refractivity contribution < 1.29 is 70.7 Å². The molecule has 19 heteroatoms. The van der Waals surface area contributed by atoms with Crippen LogP contribution in [0.5, 0.6) is 0 Å². The van der Waals surface area contributed by atoms with Gasteiger partial charge in [-0.2, -0.15) is 0 Å². The van der Waals surface area contributed by atoms with Crippen LogP contribution in [0.1, 0.15) is 72.8 Å². The predicted molar refractivity (Wildman–Crippen MR) is 201 cm³/mol. The number of rotatable bonds is 26. The highest BCUT2D eigenvalue weighted by atomic mass is 31.2. The number of phosphoric acid groups is 1. The Labute approximate surface area is 329 Å². The van der Waals surface area contributed by atoms with Gasteiger partial charge in [-0.25, -0.2) is 4.79 Å². The van der Waals surface area contributed by atoms with Gasteiger partial charge in [0.2, 0.25) is 11.8 Å². The molecule has 0 aliphatic heterocycles. The summed E-state index contributed by atoms with van der Waals surface area (Å²) in [4.78, 5) is 87.2. The number of amides is 3. The first kappa shape index (κ1) is 49.9. The molecule has 0 radical (unpaired) electrons. The maximum Gasteiger partial charge on any atom is 0.408 e. The maximum absolute atomic E-state index is 13.4. The lowest BCUT2D eigenvalue weighted by atomic mass is 9.59. The number of alkyl carbamates (subject to hydrolysis) is 1. The molecular weight excluding hydrogens is 755 g/mol. The number of phosphoric ester groups is 1. The highest BCUT2D eigenvalue weighted by Crippen LogP contribution is 2.49. The Balaban J connectivity index is 2.61. The lowest BCUT2D eigenvalue weighted by Crippen LogP contribution is -2.48. The Morgan fingerprint density at radius 3 is 2.00 bits per heavy atom. The van der Waals surface area contributed by atoms with Gasteiger partial charge in [-0.1, -0.05) is 51.1 Å². The number of carbonyl (C=O) groups is 6. The number of hydrogen-bond donors (Lipinski definition) is 3. The van der Waals surface area contributed by atoms with Gasteiger partial charge >= 0.3 is 24.0 Å². The number of primary amides is 1. The fourth-order valence-corrected chi connectivity index (χ4v) is 6.14. The Bertz CT molecular complexity index is 1520. The number of likely N-dealkylation sites (N-methyl/N-ethyl adjacent to an activating group) is 1. The van der Waals surface area contributed by atoms with Crippen molar-refractivity contribution in [2.24, 2.45) is 22.0 Å². The summed E-state index contributed by atoms with van der Waals surface area (Å²) in [7, 11) is 1.07. The molecule has 0 heterocycles. The number of benzene rings is 1. The Morgan fingerprint density at radius 2 is 1.41 bits per heavy atom. The number of nitrogens with zero attached hydrogens (tertiary/aromatic N) is 1. The minimum Gasteiger partial charge on any atom is -0.756 e. The number of carbonyl (C=O) groups excluding carboxylic acids is 6. The van der Waals surface area contributed by atoms with E-state index in [2.05, 4.69) is 10.6 Å². The average molecular weight is 817 g/mol. The first-order valence-corrected chi connectivity index (χ1v) is 19.7. The molecule has 0 bridgehead atoms. The second kappa shape index (κ2) is 22.6. The van der Waals surface area contributed by atoms with Crippen LogP contribution >= 0.6 is 7.82 Å². The highest BCUT2D eigenvalue weighted by Gasteiger charge is 2.50. The molecule has 0 saturated heterocycles. The quantitative estimate of drug-likeness (QED) is 0.0400. The van der Waals surface area contributed by atoms with Gasteiger partial charge in [-0.05, 0) is 51.0 Å². The molecule has 0 fully saturated rings. The van der Waals surface area contributed by atoms with Crippen molar-refractivity contribution in [1.29, 1.82) is 0 Å². The lowest BCUT2D eigenvalue weighted by Gasteiger charge is -2.45. The standard InChI is InChI=1S/C37H61N4O14P/c1-10-37(6,36(4,5)26-35(2,3)32(45)51-22-23-55-56(48,49)54-19-18-41(7,8)9)33(46)52-21-20-50-30(43)24-39-31(44)28(16-17-29(38)42)40-34(47)53-25-27-14-12-11-13-15-27/h11-15,28H,10,16-26H2,1-9H3,(H4-,38,39,40,42,44,47,48,49)/t28-,37?/m0/s1. The first-order chi connectivity index (χ1) is 25.8. The summed E-state index contributed by atoms with van der Waals surface area (Å²) >= 11 is 0. The molecule has 2 unspecified atom stereocenters. The van der Waals surface area contributed by atoms with E-state index >= 15 is 0 Å². The zero-order valence-corrected chi connectivity index (χ0v) is 35.0. The SMILES string of the molecule is CCC(C)(C(=O)OCCOC(=O)CNC(=O)[C@H](CCC(N)=O)NC(=O)OCc1ccccc1)C(C)(C)CC(C)(C)C(=O)OCCOP(=O)([O-])OCC[N+](C)(C)C. The summed E-state index contributed by atoms with van der Waals surface area (Å²) in [6, 6.07) is 7.59. The van der Waals surface area contributed by atoms with E-state index in [1.807, 2.05) is 35.0 Å². The second-order valence-electron chi connectivity index (χ2n) is 15.7. The molecule has 56 heavy (non-hydrogen) atoms. The molecule has 4 N–H and O–H groups in total. The fraction of sp³-hybridized carbons (Fsp3) is 0.676. The van der Waals surface area contributed by atoms with Gasteiger partial charge in [-0.15, -0.1) is 0 Å². The molecule has 0 aliphatic rings. The Morgan fingerprint density at radius 1 is 0.839 bits per heavy atom. The van der Waals surface area contributed by atoms with Gasteiger partial charge in [0.25, 0.3) is 7.82 Å². The zero-order valence-electron chi connectivity index (χ0n) is 34.1. The summed E-state index contributed by atoms with van der Waals surface area (Å²) < 4.78 is 43.2. The van der Waals surface area contributed by atoms with Gasteiger partial charge in [0.05, 0.1) is 38.6 Å². The maximum atomic E-state index is 13.4. The van der Waals surface area contributed by atoms with Gasteiger partial charge in [-0.3, -0.25) is 28.5 Å². The first-order valence-electron chi connectivity index (χ1n) is 18.3. The van der Waals surface area contributed by atoms with Crippen LogP contribution in [0.3, 0.4) is 0 Å². The molecular formula is C37H61N4O14P. The summed E-state index contributed by atoms with van der Waals surface area (Å²) in [5.74, 6) is -3.55. The molecule has 0 aliphatic carbocycles. The van der Waals surface area contributed by atoms with Gasteiger partial charge in [0.15, 0.2) is 0 Å². The van der Waals surface area contributed by atoms with Gasteiger partial charge < -0.3 is 53.7 Å². The topological polar surface area (TPSA) is 248 Å². The van der Waals surface area contributed by atoms with Crippen LogP contribution in [-0.2, 0) is 63.1 Å². The third-order valence-electron chi connectivity index (χ3n) is 9.15. The second-order valence-corrected chi connectivity index (χ2v) is 17.1. The zero-order chi connectivity index (χ0) is 42.8. The number of nitrogens with two attached hydrogens (primary N) is 1. The molecule has 3 atom stereocenters. The van der Waals surface area contributed by atoms with Crippen LogP contribution in [-0.4, -0.2) is 114 Å². The Kier molecular flexibility index (Phi) is 20.1. The number of esters is 3. The number of quaternary nitrogens is 1. The van der Waals surface area contributed by atoms with Gasteiger partial charge in [0.1, 0.15) is 52.2 Å². The van der Waals surface area contributed by atoms with Crippen molar-refractivity contribution >= 4 is 43.6 Å². The van der Waals surface area contributed by atoms with E-state index in [0.717, 1.165) is 0 Å². The minimum atomic E-state index is -4.57. The predicted octanol–water partition coefficient (Wildman–Crippen LogP) is 2.36. The molecule has 0 aromatic heterocycles. The van der Waals surface area contributed by atoms with Crippen molar-refractivity contribution in [1.82, 2.24) is 10.6 Å². The van der Waals surface area contributed by atoms with Crippen molar-refractivity contribution in [2.75, 3.05) is 67.3 Å². The van der Waals surface area contributed by atoms with Crippen molar-refractivity contribution in [3.05, 3.63) is 35.9 Å². The highest BCUT2D eigenvalue weighted by molar-refractivity contribution is 7.45. The molecule has 318 valence electrons. The normalized spacial score (nSPS) is 14.6. The summed E-state index contributed by atoms with van der Waals surface area (Å²) in [5.41, 5.74) is 2.90. The van der Waals surface area contributed by atoms with Crippen LogP contribution in [0.25, 0.3) is 0 Å². The third-order valence-corrected chi connectivity index (χ3v) is 10.2. The lowest BCUT2D eigenvalue weighted by molar-refractivity contribution is -0.870. The van der Waals surface area contributed by atoms with Gasteiger partial charge in [0, 0.05) is 6.42 Å². The monoisotopic (exact) mass is 816 g/mol. The third kappa shape index (κ3) is 18.7. The van der Waals surface area contributed by atoms with Crippen molar-refractivity contribution in [3.63, 3.8) is 0 Å². The van der Waals surface area contributed by atoms with E-state index in [9.17, 15) is 38.2 Å². The molecule has 0 spiro atoms. The van der Waals surface area contributed by atoms with E-state index in [1.54, 1.807) is 58.0 Å². The molecule has 3 amide bonds. The van der Waals surface area contributed by atoms with E-state index in [-0.39, 0.29) is 52.3 Å². The van der Waals surface area contributed by atoms with E-state index in [4.69, 9.17) is 33.7 Å². The van der Waals surface area contributed by atoms with Crippen LogP contribution < -0.4 is 21.3 Å². The molecule has 18 nitrogen and oxygen atoms in total. The smallest absolute Gasteiger partial charge is 0.408 e. The fourth-order valence-electron chi connectivity index (χ4n) is 5.46. The van der Waals surface area contributed by atoms with Crippen molar-refractivity contribution in [3.8, 4) is 0 Å². The van der Waals surface area contributed by atoms with Crippen LogP contribution in [0.15, 0.2) is 30.3 Å². The van der Waals surface area contributed by atoms with Crippen molar-refractivity contribution in [2.45, 2.75) is 79.9 Å². The van der Waals surface area contributed by atoms with Crippen LogP contribution in [0, 0.1) is 16.2 Å². The summed E-state index contributed by atoms with van der Waals surface area (Å²) in [5, 5.41) is 4.69. The molecule has 1 rings (SSSR count). The molecule has 1 aromatic rings. The largest absolute Gasteiger partial charge is 0.756 e. The van der Waals surface area contributed by atoms with Crippen LogP contribution in [0.2, 0.25) is 0 Å². The summed E-state index contributed by atoms with van der Waals surface area (Å²) in [6.07, 6.45) is -0.766. The average Bonchev–Trinajstić information content (AvgIpc) is 3.10. The number of hydrogen-bond acceptors (Lipinski definition) is 14. The van der Waals surface area contributed by atoms with Crippen LogP contribution in [0.4, 0.5) is 4.79 Å². The van der Waals surface area contributed by atoms with E-state index < -0.39 is 79.1 Å². The van der Waals surface area contributed by atoms with E-state index in [0.29, 0.717) is 23.0 Å². The number of ether oxygens (including phenoxy) is 4. The van der Waals surface area contributed by atoms with E-state index in [1.165, 1.54) is 0 Å². The Hall–Kier alpha value is -4.09. The molecule has 0 saturated carbocycles. The number of nitrogens with one attached hydrogen (secondary N) is 2.